The maximum absolute atomic E-state index is 13.0. The van der Waals surface area contributed by atoms with Crippen LogP contribution in [0.2, 0.25) is 0 Å². The molecule has 0 aromatic heterocycles. The van der Waals surface area contributed by atoms with E-state index in [0.717, 1.165) is 19.4 Å². The number of halogens is 1. The third-order valence-corrected chi connectivity index (χ3v) is 4.17. The van der Waals surface area contributed by atoms with Crippen molar-refractivity contribution in [3.8, 4) is 0 Å². The smallest absolute Gasteiger partial charge is 0.123 e. The zero-order chi connectivity index (χ0) is 13.7. The van der Waals surface area contributed by atoms with Crippen LogP contribution in [-0.4, -0.2) is 23.8 Å². The minimum Gasteiger partial charge on any atom is -0.393 e. The summed E-state index contributed by atoms with van der Waals surface area (Å²) in [6.07, 6.45) is 4.98. The molecule has 2 N–H and O–H groups in total. The van der Waals surface area contributed by atoms with Crippen LogP contribution in [0.3, 0.4) is 0 Å². The van der Waals surface area contributed by atoms with Gasteiger partial charge in [0.25, 0.3) is 0 Å². The molecule has 1 aliphatic carbocycles. The first-order valence-electron chi connectivity index (χ1n) is 7.37. The molecule has 0 radical (unpaired) electrons. The second-order valence-corrected chi connectivity index (χ2v) is 5.50. The van der Waals surface area contributed by atoms with Gasteiger partial charge in [-0.3, -0.25) is 0 Å². The molecule has 0 amide bonds. The van der Waals surface area contributed by atoms with Crippen molar-refractivity contribution in [2.75, 3.05) is 6.54 Å². The van der Waals surface area contributed by atoms with E-state index in [1.807, 2.05) is 19.1 Å². The van der Waals surface area contributed by atoms with Gasteiger partial charge in [-0.05, 0) is 55.8 Å². The Kier molecular flexibility index (Phi) is 5.34. The van der Waals surface area contributed by atoms with Gasteiger partial charge < -0.3 is 10.4 Å². The number of hydrogen-bond acceptors (Lipinski definition) is 2. The van der Waals surface area contributed by atoms with E-state index in [-0.39, 0.29) is 11.9 Å². The van der Waals surface area contributed by atoms with Gasteiger partial charge in [-0.1, -0.05) is 25.5 Å². The van der Waals surface area contributed by atoms with Crippen molar-refractivity contribution in [1.82, 2.24) is 5.32 Å². The third-order valence-electron chi connectivity index (χ3n) is 4.17. The van der Waals surface area contributed by atoms with Gasteiger partial charge in [0.1, 0.15) is 5.82 Å². The zero-order valence-electron chi connectivity index (χ0n) is 11.6. The van der Waals surface area contributed by atoms with Crippen LogP contribution < -0.4 is 5.32 Å². The van der Waals surface area contributed by atoms with E-state index in [1.165, 1.54) is 24.8 Å². The minimum absolute atomic E-state index is 0.169. The van der Waals surface area contributed by atoms with Crippen molar-refractivity contribution in [3.63, 3.8) is 0 Å². The lowest BCUT2D eigenvalue weighted by Crippen LogP contribution is -2.33. The van der Waals surface area contributed by atoms with E-state index in [1.54, 1.807) is 12.1 Å². The topological polar surface area (TPSA) is 32.3 Å². The maximum Gasteiger partial charge on any atom is 0.123 e. The quantitative estimate of drug-likeness (QED) is 0.828. The summed E-state index contributed by atoms with van der Waals surface area (Å²) in [5, 5.41) is 13.1. The molecule has 106 valence electrons. The summed E-state index contributed by atoms with van der Waals surface area (Å²) in [5.74, 6) is 0.316. The Bertz CT molecular complexity index is 379. The number of aliphatic hydroxyl groups is 1. The molecule has 3 heteroatoms. The first kappa shape index (κ1) is 14.5. The van der Waals surface area contributed by atoms with Crippen molar-refractivity contribution in [2.45, 2.75) is 57.1 Å². The average molecular weight is 265 g/mol. The van der Waals surface area contributed by atoms with E-state index >= 15 is 0 Å². The molecule has 1 aliphatic rings. The molecule has 19 heavy (non-hydrogen) atoms. The Balaban J connectivity index is 1.88. The van der Waals surface area contributed by atoms with Gasteiger partial charge in [0, 0.05) is 6.04 Å². The number of hydrogen-bond donors (Lipinski definition) is 2. The molecule has 0 spiro atoms. The van der Waals surface area contributed by atoms with Crippen LogP contribution in [0.1, 0.15) is 50.5 Å². The summed E-state index contributed by atoms with van der Waals surface area (Å²) < 4.78 is 13.0. The van der Waals surface area contributed by atoms with E-state index in [9.17, 15) is 9.50 Å². The van der Waals surface area contributed by atoms with Gasteiger partial charge in [-0.25, -0.2) is 4.39 Å². The molecule has 0 aliphatic heterocycles. The fourth-order valence-electron chi connectivity index (χ4n) is 2.95. The summed E-state index contributed by atoms with van der Waals surface area (Å²) in [6, 6.07) is 7.37. The number of nitrogens with one attached hydrogen (secondary N) is 1. The van der Waals surface area contributed by atoms with Crippen LogP contribution in [0.25, 0.3) is 0 Å². The van der Waals surface area contributed by atoms with Gasteiger partial charge in [-0.15, -0.1) is 0 Å². The SMILES string of the molecule is CCC(O)CCNC1CCCC1c1ccc(F)cc1. The molecule has 1 aromatic rings. The molecule has 0 saturated heterocycles. The van der Waals surface area contributed by atoms with Gasteiger partial charge in [-0.2, -0.15) is 0 Å². The van der Waals surface area contributed by atoms with Crippen LogP contribution in [0, 0.1) is 5.82 Å². The highest BCUT2D eigenvalue weighted by atomic mass is 19.1. The molecule has 3 unspecified atom stereocenters. The number of rotatable bonds is 6. The largest absolute Gasteiger partial charge is 0.393 e. The molecule has 2 rings (SSSR count). The summed E-state index contributed by atoms with van der Waals surface area (Å²) >= 11 is 0. The molecular weight excluding hydrogens is 241 g/mol. The van der Waals surface area contributed by atoms with Crippen LogP contribution in [0.5, 0.6) is 0 Å². The fourth-order valence-corrected chi connectivity index (χ4v) is 2.95. The highest BCUT2D eigenvalue weighted by molar-refractivity contribution is 5.23. The molecule has 2 nitrogen and oxygen atoms in total. The molecule has 3 atom stereocenters. The first-order valence-corrected chi connectivity index (χ1v) is 7.37. The molecule has 1 saturated carbocycles. The summed E-state index contributed by atoms with van der Waals surface area (Å²) in [7, 11) is 0. The third kappa shape index (κ3) is 4.02. The van der Waals surface area contributed by atoms with Crippen LogP contribution in [0.15, 0.2) is 24.3 Å². The normalized spacial score (nSPS) is 24.6. The monoisotopic (exact) mass is 265 g/mol. The van der Waals surface area contributed by atoms with E-state index in [0.29, 0.717) is 12.0 Å². The van der Waals surface area contributed by atoms with Crippen molar-refractivity contribution in [3.05, 3.63) is 35.6 Å². The summed E-state index contributed by atoms with van der Waals surface area (Å²) in [4.78, 5) is 0. The molecule has 0 bridgehead atoms. The number of aliphatic hydroxyl groups excluding tert-OH is 1. The highest BCUT2D eigenvalue weighted by Crippen LogP contribution is 2.34. The first-order chi connectivity index (χ1) is 9.20. The van der Waals surface area contributed by atoms with Gasteiger partial charge in [0.15, 0.2) is 0 Å². The van der Waals surface area contributed by atoms with Crippen molar-refractivity contribution in [1.29, 1.82) is 0 Å². The molecule has 1 aromatic carbocycles. The maximum atomic E-state index is 13.0. The Morgan fingerprint density at radius 3 is 2.74 bits per heavy atom. The zero-order valence-corrected chi connectivity index (χ0v) is 11.6. The Labute approximate surface area is 115 Å². The minimum atomic E-state index is -0.196. The van der Waals surface area contributed by atoms with Crippen LogP contribution in [-0.2, 0) is 0 Å². The Hall–Kier alpha value is -0.930. The fraction of sp³-hybridized carbons (Fsp3) is 0.625. The second-order valence-electron chi connectivity index (χ2n) is 5.50. The standard InChI is InChI=1S/C16H24FNO/c1-2-14(19)10-11-18-16-5-3-4-15(16)12-6-8-13(17)9-7-12/h6-9,14-16,18-19H,2-5,10-11H2,1H3. The number of benzene rings is 1. The van der Waals surface area contributed by atoms with Gasteiger partial charge in [0.2, 0.25) is 0 Å². The average Bonchev–Trinajstić information content (AvgIpc) is 2.88. The molecule has 1 fully saturated rings. The van der Waals surface area contributed by atoms with E-state index < -0.39 is 0 Å². The highest BCUT2D eigenvalue weighted by Gasteiger charge is 2.27. The lowest BCUT2D eigenvalue weighted by atomic mass is 9.94. The Morgan fingerprint density at radius 2 is 2.05 bits per heavy atom. The van der Waals surface area contributed by atoms with Crippen LogP contribution in [0.4, 0.5) is 4.39 Å². The predicted octanol–water partition coefficient (Wildman–Crippen LogP) is 3.21. The summed E-state index contributed by atoms with van der Waals surface area (Å²) in [6.45, 7) is 2.86. The van der Waals surface area contributed by atoms with E-state index in [4.69, 9.17) is 0 Å². The molecule has 0 heterocycles. The van der Waals surface area contributed by atoms with Crippen molar-refractivity contribution >= 4 is 0 Å². The van der Waals surface area contributed by atoms with E-state index in [2.05, 4.69) is 5.32 Å². The summed E-state index contributed by atoms with van der Waals surface area (Å²) in [5.41, 5.74) is 1.23. The Morgan fingerprint density at radius 1 is 1.32 bits per heavy atom. The van der Waals surface area contributed by atoms with Crippen molar-refractivity contribution < 1.29 is 9.50 Å². The second kappa shape index (κ2) is 7.01. The lowest BCUT2D eigenvalue weighted by molar-refractivity contribution is 0.158. The lowest BCUT2D eigenvalue weighted by Gasteiger charge is -2.22. The molecular formula is C16H24FNO. The van der Waals surface area contributed by atoms with Gasteiger partial charge in [0.05, 0.1) is 6.10 Å². The van der Waals surface area contributed by atoms with Crippen molar-refractivity contribution in [2.24, 2.45) is 0 Å². The van der Waals surface area contributed by atoms with Crippen LogP contribution >= 0.6 is 0 Å². The van der Waals surface area contributed by atoms with Gasteiger partial charge >= 0.3 is 0 Å². The predicted molar refractivity (Wildman–Crippen MR) is 75.7 cm³/mol.